The van der Waals surface area contributed by atoms with Gasteiger partial charge in [-0.05, 0) is 66.9 Å². The Morgan fingerprint density at radius 3 is 2.79 bits per heavy atom. The summed E-state index contributed by atoms with van der Waals surface area (Å²) in [5, 5.41) is 3.48. The number of hydrogen-bond acceptors (Lipinski definition) is 4. The third kappa shape index (κ3) is 3.06. The van der Waals surface area contributed by atoms with Gasteiger partial charge in [-0.2, -0.15) is 0 Å². The Morgan fingerprint density at radius 2 is 1.96 bits per heavy atom. The van der Waals surface area contributed by atoms with Crippen molar-refractivity contribution >= 4 is 5.69 Å². The average molecular weight is 324 g/mol. The van der Waals surface area contributed by atoms with Crippen molar-refractivity contribution < 1.29 is 9.47 Å². The second kappa shape index (κ2) is 6.73. The third-order valence-electron chi connectivity index (χ3n) is 4.89. The lowest BCUT2D eigenvalue weighted by molar-refractivity contribution is 0.306. The molecule has 0 atom stereocenters. The van der Waals surface area contributed by atoms with Crippen LogP contribution in [0.2, 0.25) is 0 Å². The summed E-state index contributed by atoms with van der Waals surface area (Å²) in [6.45, 7) is 4.65. The molecule has 4 rings (SSSR count). The number of anilines is 1. The van der Waals surface area contributed by atoms with Crippen molar-refractivity contribution in [1.82, 2.24) is 5.32 Å². The van der Waals surface area contributed by atoms with E-state index in [1.165, 1.54) is 22.4 Å². The van der Waals surface area contributed by atoms with E-state index >= 15 is 0 Å². The van der Waals surface area contributed by atoms with E-state index in [0.717, 1.165) is 57.1 Å². The maximum Gasteiger partial charge on any atom is 0.142 e. The molecule has 2 aliphatic rings. The lowest BCUT2D eigenvalue weighted by atomic mass is 10.00. The van der Waals surface area contributed by atoms with Crippen molar-refractivity contribution in [3.8, 4) is 11.5 Å². The van der Waals surface area contributed by atoms with Crippen LogP contribution in [-0.4, -0.2) is 33.4 Å². The van der Waals surface area contributed by atoms with Gasteiger partial charge in [-0.3, -0.25) is 0 Å². The first-order valence-electron chi connectivity index (χ1n) is 8.71. The number of nitrogens with one attached hydrogen (secondary N) is 1. The Labute approximate surface area is 143 Å². The SMILES string of the molecule is COc1cccc(CN2CCOc3cc4c(cc32)CCNCC4)c1. The predicted molar refractivity (Wildman–Crippen MR) is 96.3 cm³/mol. The smallest absolute Gasteiger partial charge is 0.142 e. The molecular weight excluding hydrogens is 300 g/mol. The molecule has 24 heavy (non-hydrogen) atoms. The van der Waals surface area contributed by atoms with Crippen LogP contribution in [0.1, 0.15) is 16.7 Å². The van der Waals surface area contributed by atoms with Crippen LogP contribution in [0.15, 0.2) is 36.4 Å². The monoisotopic (exact) mass is 324 g/mol. The van der Waals surface area contributed by atoms with Gasteiger partial charge in [0, 0.05) is 6.54 Å². The number of fused-ring (bicyclic) bond motifs is 2. The maximum atomic E-state index is 5.96. The maximum absolute atomic E-state index is 5.96. The third-order valence-corrected chi connectivity index (χ3v) is 4.89. The van der Waals surface area contributed by atoms with Crippen molar-refractivity contribution in [1.29, 1.82) is 0 Å². The second-order valence-corrected chi connectivity index (χ2v) is 6.46. The van der Waals surface area contributed by atoms with Gasteiger partial charge < -0.3 is 19.7 Å². The quantitative estimate of drug-likeness (QED) is 0.941. The fourth-order valence-electron chi connectivity index (χ4n) is 3.59. The summed E-state index contributed by atoms with van der Waals surface area (Å²) < 4.78 is 11.3. The van der Waals surface area contributed by atoms with Crippen LogP contribution in [0.25, 0.3) is 0 Å². The number of hydrogen-bond donors (Lipinski definition) is 1. The van der Waals surface area contributed by atoms with Crippen LogP contribution < -0.4 is 19.7 Å². The van der Waals surface area contributed by atoms with E-state index in [1.807, 2.05) is 6.07 Å². The minimum absolute atomic E-state index is 0.744. The Balaban J connectivity index is 1.64. The highest BCUT2D eigenvalue weighted by molar-refractivity contribution is 5.63. The van der Waals surface area contributed by atoms with Crippen molar-refractivity contribution in [2.24, 2.45) is 0 Å². The molecule has 4 heteroatoms. The molecule has 0 spiro atoms. The van der Waals surface area contributed by atoms with Gasteiger partial charge in [0.25, 0.3) is 0 Å². The largest absolute Gasteiger partial charge is 0.497 e. The van der Waals surface area contributed by atoms with E-state index in [1.54, 1.807) is 7.11 Å². The summed E-state index contributed by atoms with van der Waals surface area (Å²) in [7, 11) is 1.71. The highest BCUT2D eigenvalue weighted by Crippen LogP contribution is 2.36. The highest BCUT2D eigenvalue weighted by atomic mass is 16.5. The fourth-order valence-corrected chi connectivity index (χ4v) is 3.59. The van der Waals surface area contributed by atoms with Crippen LogP contribution in [0.3, 0.4) is 0 Å². The molecule has 2 aliphatic heterocycles. The number of nitrogens with zero attached hydrogens (tertiary/aromatic N) is 1. The molecule has 0 saturated carbocycles. The highest BCUT2D eigenvalue weighted by Gasteiger charge is 2.21. The first-order chi connectivity index (χ1) is 11.8. The summed E-state index contributed by atoms with van der Waals surface area (Å²) in [6, 6.07) is 12.9. The molecule has 126 valence electrons. The Kier molecular flexibility index (Phi) is 4.30. The van der Waals surface area contributed by atoms with Crippen molar-refractivity contribution in [3.63, 3.8) is 0 Å². The molecule has 2 heterocycles. The minimum Gasteiger partial charge on any atom is -0.497 e. The van der Waals surface area contributed by atoms with Gasteiger partial charge in [-0.1, -0.05) is 12.1 Å². The van der Waals surface area contributed by atoms with Gasteiger partial charge in [0.05, 0.1) is 19.3 Å². The van der Waals surface area contributed by atoms with E-state index in [4.69, 9.17) is 9.47 Å². The van der Waals surface area contributed by atoms with Gasteiger partial charge in [-0.15, -0.1) is 0 Å². The molecule has 0 aliphatic carbocycles. The molecule has 2 aromatic rings. The molecule has 0 aromatic heterocycles. The molecule has 0 fully saturated rings. The number of benzene rings is 2. The Morgan fingerprint density at radius 1 is 1.12 bits per heavy atom. The number of methoxy groups -OCH3 is 1. The zero-order valence-corrected chi connectivity index (χ0v) is 14.2. The molecule has 1 N–H and O–H groups in total. The van der Waals surface area contributed by atoms with Crippen LogP contribution in [0, 0.1) is 0 Å². The standard InChI is InChI=1S/C20H24N2O2/c1-23-18-4-2-3-15(11-18)14-22-9-10-24-20-13-17-6-8-21-7-5-16(17)12-19(20)22/h2-4,11-13,21H,5-10,14H2,1H3. The van der Waals surface area contributed by atoms with E-state index in [-0.39, 0.29) is 0 Å². The van der Waals surface area contributed by atoms with Gasteiger partial charge in [-0.25, -0.2) is 0 Å². The van der Waals surface area contributed by atoms with E-state index < -0.39 is 0 Å². The topological polar surface area (TPSA) is 33.7 Å². The summed E-state index contributed by atoms with van der Waals surface area (Å²) in [5.41, 5.74) is 5.38. The number of rotatable bonds is 3. The summed E-state index contributed by atoms with van der Waals surface area (Å²) in [6.07, 6.45) is 2.18. The lowest BCUT2D eigenvalue weighted by Crippen LogP contribution is -2.32. The van der Waals surface area contributed by atoms with E-state index in [9.17, 15) is 0 Å². The van der Waals surface area contributed by atoms with Crippen LogP contribution in [-0.2, 0) is 19.4 Å². The van der Waals surface area contributed by atoms with Crippen molar-refractivity contribution in [2.75, 3.05) is 38.3 Å². The van der Waals surface area contributed by atoms with Crippen LogP contribution in [0.5, 0.6) is 11.5 Å². The molecule has 0 unspecified atom stereocenters. The second-order valence-electron chi connectivity index (χ2n) is 6.46. The average Bonchev–Trinajstić information content (AvgIpc) is 2.85. The van der Waals surface area contributed by atoms with E-state index in [2.05, 4.69) is 40.5 Å². The first-order valence-corrected chi connectivity index (χ1v) is 8.71. The zero-order valence-electron chi connectivity index (χ0n) is 14.2. The molecule has 4 nitrogen and oxygen atoms in total. The van der Waals surface area contributed by atoms with Gasteiger partial charge in [0.1, 0.15) is 18.1 Å². The normalized spacial score (nSPS) is 16.6. The lowest BCUT2D eigenvalue weighted by Gasteiger charge is -2.32. The summed E-state index contributed by atoms with van der Waals surface area (Å²) in [5.74, 6) is 1.94. The Hall–Kier alpha value is -2.20. The van der Waals surface area contributed by atoms with Gasteiger partial charge in [0.15, 0.2) is 0 Å². The molecule has 0 amide bonds. The first kappa shape index (κ1) is 15.3. The van der Waals surface area contributed by atoms with E-state index in [0.29, 0.717) is 0 Å². The van der Waals surface area contributed by atoms with Gasteiger partial charge >= 0.3 is 0 Å². The molecule has 0 saturated heterocycles. The summed E-state index contributed by atoms with van der Waals surface area (Å²) in [4.78, 5) is 2.42. The summed E-state index contributed by atoms with van der Waals surface area (Å²) >= 11 is 0. The fraction of sp³-hybridized carbons (Fsp3) is 0.400. The number of ether oxygens (including phenoxy) is 2. The van der Waals surface area contributed by atoms with Crippen LogP contribution >= 0.6 is 0 Å². The van der Waals surface area contributed by atoms with Crippen molar-refractivity contribution in [2.45, 2.75) is 19.4 Å². The van der Waals surface area contributed by atoms with Crippen LogP contribution in [0.4, 0.5) is 5.69 Å². The molecule has 0 radical (unpaired) electrons. The van der Waals surface area contributed by atoms with Gasteiger partial charge in [0.2, 0.25) is 0 Å². The minimum atomic E-state index is 0.744. The zero-order chi connectivity index (χ0) is 16.4. The molecule has 0 bridgehead atoms. The van der Waals surface area contributed by atoms with Crippen molar-refractivity contribution in [3.05, 3.63) is 53.1 Å². The molecular formula is C20H24N2O2. The Bertz CT molecular complexity index is 730. The molecule has 2 aromatic carbocycles. The predicted octanol–water partition coefficient (Wildman–Crippen LogP) is 2.78.